The average Bonchev–Trinajstić information content (AvgIpc) is 2.42. The van der Waals surface area contributed by atoms with E-state index in [0.29, 0.717) is 0 Å². The van der Waals surface area contributed by atoms with Gasteiger partial charge >= 0.3 is 5.97 Å². The third kappa shape index (κ3) is 6.32. The van der Waals surface area contributed by atoms with Gasteiger partial charge in [0.05, 0.1) is 5.57 Å². The minimum atomic E-state index is -0.956. The summed E-state index contributed by atoms with van der Waals surface area (Å²) >= 11 is 0. The first-order valence-corrected chi connectivity index (χ1v) is 6.95. The van der Waals surface area contributed by atoms with Gasteiger partial charge in [0.25, 0.3) is 0 Å². The monoisotopic (exact) mass is 275 g/mol. The number of carboxylic acids is 1. The summed E-state index contributed by atoms with van der Waals surface area (Å²) in [6.45, 7) is 11.6. The minimum Gasteiger partial charge on any atom is -0.478 e. The minimum absolute atomic E-state index is 0.226. The van der Waals surface area contributed by atoms with E-state index in [0.717, 1.165) is 24.1 Å². The molecule has 0 aliphatic heterocycles. The Morgan fingerprint density at radius 3 is 2.50 bits per heavy atom. The van der Waals surface area contributed by atoms with E-state index in [2.05, 4.69) is 25.4 Å². The molecule has 0 heterocycles. The smallest absolute Gasteiger partial charge is 0.335 e. The molecular formula is C17H25NO2. The highest BCUT2D eigenvalue weighted by Crippen LogP contribution is 2.19. The summed E-state index contributed by atoms with van der Waals surface area (Å²) < 4.78 is 0. The highest BCUT2D eigenvalue weighted by atomic mass is 16.4. The van der Waals surface area contributed by atoms with Crippen LogP contribution >= 0.6 is 0 Å². The Hall–Kier alpha value is -1.90. The first-order chi connectivity index (χ1) is 9.47. The summed E-state index contributed by atoms with van der Waals surface area (Å²) in [5.41, 5.74) is 2.02. The topological polar surface area (TPSA) is 49.7 Å². The average molecular weight is 275 g/mol. The molecule has 0 saturated heterocycles. The highest BCUT2D eigenvalue weighted by Gasteiger charge is 2.13. The molecule has 0 aromatic rings. The van der Waals surface area contributed by atoms with Crippen LogP contribution in [0.5, 0.6) is 0 Å². The van der Waals surface area contributed by atoms with Crippen LogP contribution in [-0.2, 0) is 4.79 Å². The second-order valence-electron chi connectivity index (χ2n) is 4.58. The summed E-state index contributed by atoms with van der Waals surface area (Å²) in [6, 6.07) is 0. The second kappa shape index (κ2) is 9.96. The number of hydrogen-bond donors (Lipinski definition) is 1. The van der Waals surface area contributed by atoms with Gasteiger partial charge in [0.1, 0.15) is 0 Å². The molecule has 3 nitrogen and oxygen atoms in total. The van der Waals surface area contributed by atoms with Gasteiger partial charge in [-0.3, -0.25) is 4.99 Å². The SMILES string of the molecule is C=C\C=C(/C=C(/C(C)=N/C=C\CC)C(C)CC)C(=O)O. The van der Waals surface area contributed by atoms with Crippen LogP contribution in [0.15, 0.2) is 53.2 Å². The van der Waals surface area contributed by atoms with Gasteiger partial charge in [-0.1, -0.05) is 39.5 Å². The second-order valence-corrected chi connectivity index (χ2v) is 4.58. The Morgan fingerprint density at radius 1 is 1.40 bits per heavy atom. The standard InChI is InChI=1S/C17H25NO2/c1-6-9-11-18-14(5)16(13(4)8-3)12-15(10-7-2)17(19)20/h7,9-13H,2,6,8H2,1,3-5H3,(H,19,20)/b11-9-,15-10+,16-12+,18-14+. The first-order valence-electron chi connectivity index (χ1n) is 6.95. The molecule has 1 N–H and O–H groups in total. The lowest BCUT2D eigenvalue weighted by Crippen LogP contribution is -2.09. The molecule has 0 rings (SSSR count). The van der Waals surface area contributed by atoms with Gasteiger partial charge in [0, 0.05) is 11.9 Å². The van der Waals surface area contributed by atoms with Crippen LogP contribution in [-0.4, -0.2) is 16.8 Å². The number of rotatable bonds is 8. The Kier molecular flexibility index (Phi) is 9.01. The molecular weight excluding hydrogens is 250 g/mol. The third-order valence-corrected chi connectivity index (χ3v) is 3.03. The molecule has 0 bridgehead atoms. The van der Waals surface area contributed by atoms with Gasteiger partial charge in [0.2, 0.25) is 0 Å². The lowest BCUT2D eigenvalue weighted by atomic mass is 9.92. The van der Waals surface area contributed by atoms with Crippen LogP contribution in [0.4, 0.5) is 0 Å². The van der Waals surface area contributed by atoms with Gasteiger partial charge in [-0.15, -0.1) is 0 Å². The molecule has 1 atom stereocenters. The predicted molar refractivity (Wildman–Crippen MR) is 86.0 cm³/mol. The third-order valence-electron chi connectivity index (χ3n) is 3.03. The van der Waals surface area contributed by atoms with Crippen molar-refractivity contribution in [2.75, 3.05) is 0 Å². The lowest BCUT2D eigenvalue weighted by molar-refractivity contribution is -0.132. The van der Waals surface area contributed by atoms with Crippen LogP contribution < -0.4 is 0 Å². The number of carbonyl (C=O) groups is 1. The Balaban J connectivity index is 5.61. The largest absolute Gasteiger partial charge is 0.478 e. The quantitative estimate of drug-likeness (QED) is 0.401. The molecule has 0 aromatic heterocycles. The lowest BCUT2D eigenvalue weighted by Gasteiger charge is -2.14. The zero-order valence-electron chi connectivity index (χ0n) is 12.9. The molecule has 0 aromatic carbocycles. The first kappa shape index (κ1) is 18.1. The molecule has 0 radical (unpaired) electrons. The van der Waals surface area contributed by atoms with Crippen molar-refractivity contribution in [3.63, 3.8) is 0 Å². The summed E-state index contributed by atoms with van der Waals surface area (Å²) in [5.74, 6) is -0.705. The van der Waals surface area contributed by atoms with Gasteiger partial charge in [-0.25, -0.2) is 4.79 Å². The summed E-state index contributed by atoms with van der Waals surface area (Å²) in [5, 5.41) is 9.19. The molecule has 0 spiro atoms. The van der Waals surface area contributed by atoms with E-state index in [-0.39, 0.29) is 11.5 Å². The van der Waals surface area contributed by atoms with Crippen LogP contribution in [0.2, 0.25) is 0 Å². The van der Waals surface area contributed by atoms with Crippen LogP contribution in [0.25, 0.3) is 0 Å². The van der Waals surface area contributed by atoms with E-state index in [1.54, 1.807) is 12.3 Å². The molecule has 0 amide bonds. The number of aliphatic imine (C=N–C) groups is 1. The van der Waals surface area contributed by atoms with E-state index in [1.807, 2.05) is 19.9 Å². The van der Waals surface area contributed by atoms with Crippen LogP contribution in [0.1, 0.15) is 40.5 Å². The summed E-state index contributed by atoms with van der Waals surface area (Å²) in [7, 11) is 0. The van der Waals surface area contributed by atoms with E-state index in [4.69, 9.17) is 0 Å². The zero-order chi connectivity index (χ0) is 15.5. The van der Waals surface area contributed by atoms with Crippen molar-refractivity contribution in [1.29, 1.82) is 0 Å². The van der Waals surface area contributed by atoms with Crippen molar-refractivity contribution < 1.29 is 9.90 Å². The molecule has 3 heteroatoms. The van der Waals surface area contributed by atoms with E-state index in [9.17, 15) is 9.90 Å². The molecule has 0 saturated carbocycles. The van der Waals surface area contributed by atoms with Crippen molar-refractivity contribution in [2.24, 2.45) is 10.9 Å². The van der Waals surface area contributed by atoms with Gasteiger partial charge < -0.3 is 5.11 Å². The summed E-state index contributed by atoms with van der Waals surface area (Å²) in [6.07, 6.45) is 10.3. The maximum atomic E-state index is 11.2. The van der Waals surface area contributed by atoms with E-state index in [1.165, 1.54) is 12.2 Å². The fourth-order valence-corrected chi connectivity index (χ4v) is 1.64. The van der Waals surface area contributed by atoms with Gasteiger partial charge in [0.15, 0.2) is 0 Å². The Morgan fingerprint density at radius 2 is 2.05 bits per heavy atom. The van der Waals surface area contributed by atoms with Gasteiger partial charge in [-0.2, -0.15) is 0 Å². The molecule has 110 valence electrons. The Labute approximate surface area is 122 Å². The molecule has 20 heavy (non-hydrogen) atoms. The van der Waals surface area contributed by atoms with Gasteiger partial charge in [-0.05, 0) is 43.4 Å². The number of carboxylic acid groups (broad SMARTS) is 1. The van der Waals surface area contributed by atoms with Crippen molar-refractivity contribution in [3.8, 4) is 0 Å². The fraction of sp³-hybridized carbons (Fsp3) is 0.412. The van der Waals surface area contributed by atoms with Crippen LogP contribution in [0.3, 0.4) is 0 Å². The van der Waals surface area contributed by atoms with E-state index >= 15 is 0 Å². The maximum absolute atomic E-state index is 11.2. The number of nitrogens with zero attached hydrogens (tertiary/aromatic N) is 1. The molecule has 0 aliphatic carbocycles. The van der Waals surface area contributed by atoms with Crippen molar-refractivity contribution in [2.45, 2.75) is 40.5 Å². The maximum Gasteiger partial charge on any atom is 0.335 e. The normalized spacial score (nSPS) is 15.5. The number of aliphatic carboxylic acids is 1. The Bertz CT molecular complexity index is 454. The van der Waals surface area contributed by atoms with Crippen molar-refractivity contribution in [3.05, 3.63) is 48.2 Å². The summed E-state index contributed by atoms with van der Waals surface area (Å²) in [4.78, 5) is 15.6. The highest BCUT2D eigenvalue weighted by molar-refractivity contribution is 6.01. The predicted octanol–water partition coefficient (Wildman–Crippen LogP) is 4.54. The fourth-order valence-electron chi connectivity index (χ4n) is 1.64. The molecule has 0 aliphatic rings. The van der Waals surface area contributed by atoms with Crippen LogP contribution in [0, 0.1) is 5.92 Å². The molecule has 1 unspecified atom stereocenters. The van der Waals surface area contributed by atoms with Crippen molar-refractivity contribution in [1.82, 2.24) is 0 Å². The van der Waals surface area contributed by atoms with Crippen molar-refractivity contribution >= 4 is 11.7 Å². The molecule has 0 fully saturated rings. The zero-order valence-corrected chi connectivity index (χ0v) is 12.9. The number of hydrogen-bond acceptors (Lipinski definition) is 2. The number of allylic oxidation sites excluding steroid dienone is 4. The van der Waals surface area contributed by atoms with E-state index < -0.39 is 5.97 Å².